The first-order chi connectivity index (χ1) is 21.6. The number of likely N-dealkylation sites (N-methyl/N-ethyl adjacent to an activating group) is 1. The van der Waals surface area contributed by atoms with Crippen LogP contribution in [0.1, 0.15) is 28.3 Å². The van der Waals surface area contributed by atoms with Gasteiger partial charge in [0, 0.05) is 73.0 Å². The van der Waals surface area contributed by atoms with Crippen LogP contribution in [0.3, 0.4) is 0 Å². The lowest BCUT2D eigenvalue weighted by atomic mass is 9.92. The van der Waals surface area contributed by atoms with Crippen molar-refractivity contribution < 1.29 is 41.4 Å². The van der Waals surface area contributed by atoms with Crippen molar-refractivity contribution in [2.45, 2.75) is 37.1 Å². The monoisotopic (exact) mass is 629 g/mol. The molecule has 14 heteroatoms. The van der Waals surface area contributed by atoms with Gasteiger partial charge in [-0.2, -0.15) is 8.78 Å². The number of nitrogens with one attached hydrogen (secondary N) is 1. The normalized spacial score (nSPS) is 22.8. The van der Waals surface area contributed by atoms with E-state index in [1.165, 1.54) is 43.4 Å². The van der Waals surface area contributed by atoms with E-state index in [0.717, 1.165) is 31.6 Å². The van der Waals surface area contributed by atoms with Gasteiger partial charge in [0.15, 0.2) is 0 Å². The van der Waals surface area contributed by atoms with Crippen LogP contribution in [0, 0.1) is 11.6 Å². The van der Waals surface area contributed by atoms with Gasteiger partial charge >= 0.3 is 6.61 Å². The smallest absolute Gasteiger partial charge is 0.387 e. The van der Waals surface area contributed by atoms with Crippen molar-refractivity contribution in [1.82, 2.24) is 15.2 Å². The van der Waals surface area contributed by atoms with Crippen LogP contribution in [0.15, 0.2) is 48.5 Å². The predicted molar refractivity (Wildman–Crippen MR) is 155 cm³/mol. The van der Waals surface area contributed by atoms with E-state index < -0.39 is 47.6 Å². The number of aromatic nitrogens is 1. The number of rotatable bonds is 9. The van der Waals surface area contributed by atoms with Crippen molar-refractivity contribution in [2.75, 3.05) is 50.7 Å². The molecule has 2 bridgehead atoms. The van der Waals surface area contributed by atoms with Crippen molar-refractivity contribution in [2.24, 2.45) is 0 Å². The SMILES string of the molecule is COc1cc(N2C[C@@H](c3c(F)cc(OC)cc3F)[C@H](NC(=O)c3ccc(OC(F)F)cc3)C2=O)nc(N2C[C@@H]3C[C@H]2CN3C)c1. The minimum atomic E-state index is -3.05. The molecule has 2 aromatic carbocycles. The third-order valence-electron chi connectivity index (χ3n) is 8.69. The fraction of sp³-hybridized carbons (Fsp3) is 0.387. The molecule has 4 atom stereocenters. The van der Waals surface area contributed by atoms with E-state index in [9.17, 15) is 18.4 Å². The first-order valence-electron chi connectivity index (χ1n) is 14.3. The molecule has 238 valence electrons. The number of anilines is 2. The fourth-order valence-corrected chi connectivity index (χ4v) is 6.43. The zero-order chi connectivity index (χ0) is 32.0. The van der Waals surface area contributed by atoms with Gasteiger partial charge in [0.25, 0.3) is 11.8 Å². The number of halogens is 4. The molecule has 1 aromatic heterocycles. The molecule has 3 saturated heterocycles. The topological polar surface area (TPSA) is 96.5 Å². The van der Waals surface area contributed by atoms with Crippen molar-refractivity contribution in [3.05, 3.63) is 71.3 Å². The highest BCUT2D eigenvalue weighted by atomic mass is 19.3. The van der Waals surface area contributed by atoms with E-state index in [4.69, 9.17) is 14.5 Å². The van der Waals surface area contributed by atoms with Crippen LogP contribution in [0.25, 0.3) is 0 Å². The molecule has 3 fully saturated rings. The number of methoxy groups -OCH3 is 2. The Hall–Kier alpha value is -4.59. The Kier molecular flexibility index (Phi) is 8.16. The van der Waals surface area contributed by atoms with E-state index in [0.29, 0.717) is 17.6 Å². The lowest BCUT2D eigenvalue weighted by Crippen LogP contribution is -2.45. The summed E-state index contributed by atoms with van der Waals surface area (Å²) in [7, 11) is 4.84. The van der Waals surface area contributed by atoms with Crippen LogP contribution < -0.4 is 29.3 Å². The maximum Gasteiger partial charge on any atom is 0.387 e. The fourth-order valence-electron chi connectivity index (χ4n) is 6.43. The zero-order valence-corrected chi connectivity index (χ0v) is 24.7. The van der Waals surface area contributed by atoms with E-state index in [-0.39, 0.29) is 35.5 Å². The first-order valence-corrected chi connectivity index (χ1v) is 14.3. The minimum Gasteiger partial charge on any atom is -0.497 e. The Morgan fingerprint density at radius 3 is 2.13 bits per heavy atom. The molecular weight excluding hydrogens is 598 g/mol. The molecule has 0 spiro atoms. The van der Waals surface area contributed by atoms with E-state index in [1.807, 2.05) is 0 Å². The highest BCUT2D eigenvalue weighted by molar-refractivity contribution is 6.04. The highest BCUT2D eigenvalue weighted by Crippen LogP contribution is 2.39. The number of amides is 2. The summed E-state index contributed by atoms with van der Waals surface area (Å²) < 4.78 is 70.8. The molecule has 10 nitrogen and oxygen atoms in total. The Bertz CT molecular complexity index is 1580. The van der Waals surface area contributed by atoms with Gasteiger partial charge in [-0.15, -0.1) is 0 Å². The molecule has 6 rings (SSSR count). The second kappa shape index (κ2) is 12.1. The molecule has 0 aliphatic carbocycles. The van der Waals surface area contributed by atoms with Crippen molar-refractivity contribution in [3.63, 3.8) is 0 Å². The maximum atomic E-state index is 15.4. The lowest BCUT2D eigenvalue weighted by molar-refractivity contribution is -0.118. The van der Waals surface area contributed by atoms with Crippen LogP contribution in [0.2, 0.25) is 0 Å². The molecule has 0 radical (unpaired) electrons. The van der Waals surface area contributed by atoms with Crippen LogP contribution in [-0.4, -0.2) is 87.3 Å². The molecule has 1 N–H and O–H groups in total. The summed E-state index contributed by atoms with van der Waals surface area (Å²) in [4.78, 5) is 37.8. The number of benzene rings is 2. The standard InChI is InChI=1S/C31H31F4N5O5/c1-38-13-18-8-17(38)14-39(18)25-11-21(44-3)12-26(36-25)40-15-22(27-23(32)9-20(43-2)10-24(27)33)28(30(40)42)37-29(41)16-4-6-19(7-5-16)45-31(34)35/h4-7,9-12,17-18,22,28,31H,8,13-15H2,1-3H3,(H,37,41)/t17-,18-,22-,28-/m0/s1. The van der Waals surface area contributed by atoms with Crippen molar-refractivity contribution in [1.29, 1.82) is 0 Å². The molecule has 3 aliphatic rings. The lowest BCUT2D eigenvalue weighted by Gasteiger charge is -2.33. The van der Waals surface area contributed by atoms with Gasteiger partial charge in [0.05, 0.1) is 14.2 Å². The van der Waals surface area contributed by atoms with Crippen LogP contribution >= 0.6 is 0 Å². The van der Waals surface area contributed by atoms with E-state index >= 15 is 8.78 Å². The Morgan fingerprint density at radius 1 is 0.911 bits per heavy atom. The number of pyridine rings is 1. The predicted octanol–water partition coefficient (Wildman–Crippen LogP) is 3.80. The average molecular weight is 630 g/mol. The summed E-state index contributed by atoms with van der Waals surface area (Å²) in [6, 6.07) is 9.40. The Balaban J connectivity index is 1.34. The Morgan fingerprint density at radius 2 is 1.56 bits per heavy atom. The van der Waals surface area contributed by atoms with Crippen LogP contribution in [-0.2, 0) is 4.79 Å². The van der Waals surface area contributed by atoms with E-state index in [1.54, 1.807) is 12.1 Å². The first kappa shape index (κ1) is 30.4. The number of fused-ring (bicyclic) bond motifs is 2. The van der Waals surface area contributed by atoms with Crippen molar-refractivity contribution >= 4 is 23.5 Å². The van der Waals surface area contributed by atoms with Gasteiger partial charge in [-0.25, -0.2) is 13.8 Å². The van der Waals surface area contributed by atoms with Gasteiger partial charge in [-0.3, -0.25) is 19.4 Å². The van der Waals surface area contributed by atoms with Gasteiger partial charge in [-0.05, 0) is 37.7 Å². The van der Waals surface area contributed by atoms with Crippen LogP contribution in [0.5, 0.6) is 17.2 Å². The molecule has 45 heavy (non-hydrogen) atoms. The van der Waals surface area contributed by atoms with E-state index in [2.05, 4.69) is 26.9 Å². The Labute approximate surface area is 256 Å². The molecular formula is C31H31F4N5O5. The third-order valence-corrected chi connectivity index (χ3v) is 8.69. The summed E-state index contributed by atoms with van der Waals surface area (Å²) in [6.45, 7) is -1.64. The van der Waals surface area contributed by atoms with Crippen LogP contribution in [0.4, 0.5) is 29.2 Å². The number of ether oxygens (including phenoxy) is 3. The van der Waals surface area contributed by atoms with Crippen molar-refractivity contribution in [3.8, 4) is 17.2 Å². The summed E-state index contributed by atoms with van der Waals surface area (Å²) in [6.07, 6.45) is 0.981. The number of likely N-dealkylation sites (tertiary alicyclic amines) is 1. The molecule has 3 aliphatic heterocycles. The molecule has 4 heterocycles. The molecule has 0 unspecified atom stereocenters. The zero-order valence-electron chi connectivity index (χ0n) is 24.7. The number of carbonyl (C=O) groups is 2. The molecule has 0 saturated carbocycles. The number of alkyl halides is 2. The number of hydrogen-bond donors (Lipinski definition) is 1. The molecule has 3 aromatic rings. The second-order valence-electron chi connectivity index (χ2n) is 11.3. The minimum absolute atomic E-state index is 0.0214. The van der Waals surface area contributed by atoms with Gasteiger partial charge in [-0.1, -0.05) is 0 Å². The highest BCUT2D eigenvalue weighted by Gasteiger charge is 2.47. The number of piperazine rings is 1. The number of hydrogen-bond acceptors (Lipinski definition) is 8. The summed E-state index contributed by atoms with van der Waals surface area (Å²) in [5.74, 6) is -3.42. The van der Waals surface area contributed by atoms with Gasteiger partial charge in [0.1, 0.15) is 46.6 Å². The summed E-state index contributed by atoms with van der Waals surface area (Å²) in [5, 5.41) is 2.60. The maximum absolute atomic E-state index is 15.4. The summed E-state index contributed by atoms with van der Waals surface area (Å²) >= 11 is 0. The quantitative estimate of drug-likeness (QED) is 0.358. The summed E-state index contributed by atoms with van der Waals surface area (Å²) in [5.41, 5.74) is -0.381. The molecule has 2 amide bonds. The second-order valence-corrected chi connectivity index (χ2v) is 11.3. The number of carbonyl (C=O) groups excluding carboxylic acids is 2. The number of nitrogens with zero attached hydrogens (tertiary/aromatic N) is 4. The largest absolute Gasteiger partial charge is 0.497 e. The van der Waals surface area contributed by atoms with Gasteiger partial charge < -0.3 is 24.4 Å². The average Bonchev–Trinajstić information content (AvgIpc) is 3.69. The third kappa shape index (κ3) is 5.81. The van der Waals surface area contributed by atoms with Gasteiger partial charge in [0.2, 0.25) is 0 Å².